The van der Waals surface area contributed by atoms with Crippen molar-refractivity contribution < 1.29 is 4.42 Å². The van der Waals surface area contributed by atoms with Gasteiger partial charge in [0.25, 0.3) is 0 Å². The van der Waals surface area contributed by atoms with Gasteiger partial charge in [-0.1, -0.05) is 61.7 Å². The van der Waals surface area contributed by atoms with Gasteiger partial charge in [-0.3, -0.25) is 0 Å². The number of alkyl halides is 2. The highest BCUT2D eigenvalue weighted by atomic mass is 79.9. The monoisotopic (exact) mass is 370 g/mol. The van der Waals surface area contributed by atoms with E-state index in [4.69, 9.17) is 4.42 Å². The Morgan fingerprint density at radius 3 is 2.22 bits per heavy atom. The third-order valence-corrected chi connectivity index (χ3v) is 5.41. The highest BCUT2D eigenvalue weighted by Crippen LogP contribution is 2.33. The van der Waals surface area contributed by atoms with E-state index in [1.807, 2.05) is 12.1 Å². The molecule has 18 heavy (non-hydrogen) atoms. The van der Waals surface area contributed by atoms with Crippen LogP contribution in [0.4, 0.5) is 0 Å². The molecule has 0 saturated heterocycles. The Hall–Kier alpha value is -0.540. The molecule has 2 rings (SSSR count). The van der Waals surface area contributed by atoms with Crippen LogP contribution in [0.3, 0.4) is 0 Å². The van der Waals surface area contributed by atoms with Gasteiger partial charge in [-0.2, -0.15) is 0 Å². The molecule has 0 unspecified atom stereocenters. The van der Waals surface area contributed by atoms with Gasteiger partial charge in [0.1, 0.15) is 5.76 Å². The molecule has 0 bridgehead atoms. The van der Waals surface area contributed by atoms with Gasteiger partial charge in [-0.15, -0.1) is 0 Å². The smallest absolute Gasteiger partial charge is 0.104 e. The first-order chi connectivity index (χ1) is 8.70. The second kappa shape index (κ2) is 6.07. The van der Waals surface area contributed by atoms with Crippen molar-refractivity contribution in [2.75, 3.05) is 10.7 Å². The lowest BCUT2D eigenvalue weighted by Gasteiger charge is -2.30. The van der Waals surface area contributed by atoms with E-state index in [0.29, 0.717) is 0 Å². The lowest BCUT2D eigenvalue weighted by molar-refractivity contribution is 0.443. The summed E-state index contributed by atoms with van der Waals surface area (Å²) in [4.78, 5) is 0. The normalized spacial score (nSPS) is 11.7. The quantitative estimate of drug-likeness (QED) is 0.684. The highest BCUT2D eigenvalue weighted by Gasteiger charge is 2.31. The molecule has 1 heterocycles. The molecule has 3 heteroatoms. The number of benzene rings is 1. The van der Waals surface area contributed by atoms with Gasteiger partial charge < -0.3 is 4.42 Å². The van der Waals surface area contributed by atoms with Crippen molar-refractivity contribution in [2.24, 2.45) is 0 Å². The van der Waals surface area contributed by atoms with Gasteiger partial charge in [-0.25, -0.2) is 0 Å². The van der Waals surface area contributed by atoms with Crippen LogP contribution in [0.1, 0.15) is 16.9 Å². The van der Waals surface area contributed by atoms with Crippen LogP contribution in [0, 0.1) is 6.92 Å². The molecule has 0 atom stereocenters. The highest BCUT2D eigenvalue weighted by molar-refractivity contribution is 9.09. The van der Waals surface area contributed by atoms with Crippen LogP contribution in [0.2, 0.25) is 0 Å². The largest absolute Gasteiger partial charge is 0.469 e. The van der Waals surface area contributed by atoms with Gasteiger partial charge >= 0.3 is 0 Å². The topological polar surface area (TPSA) is 13.1 Å². The van der Waals surface area contributed by atoms with Crippen LogP contribution in [-0.4, -0.2) is 10.7 Å². The lowest BCUT2D eigenvalue weighted by Crippen LogP contribution is -2.32. The van der Waals surface area contributed by atoms with E-state index in [1.165, 1.54) is 11.1 Å². The Morgan fingerprint density at radius 1 is 1.06 bits per heavy atom. The molecule has 0 amide bonds. The summed E-state index contributed by atoms with van der Waals surface area (Å²) >= 11 is 7.33. The van der Waals surface area contributed by atoms with Gasteiger partial charge in [0.05, 0.1) is 6.26 Å². The Balaban J connectivity index is 2.33. The van der Waals surface area contributed by atoms with Crippen LogP contribution in [-0.2, 0) is 11.8 Å². The fourth-order valence-corrected chi connectivity index (χ4v) is 4.01. The minimum Gasteiger partial charge on any atom is -0.469 e. The summed E-state index contributed by atoms with van der Waals surface area (Å²) in [5.41, 5.74) is 2.65. The van der Waals surface area contributed by atoms with Crippen molar-refractivity contribution in [3.63, 3.8) is 0 Å². The lowest BCUT2D eigenvalue weighted by atomic mass is 9.80. The average Bonchev–Trinajstić information content (AvgIpc) is 2.90. The first-order valence-electron chi connectivity index (χ1n) is 5.92. The summed E-state index contributed by atoms with van der Waals surface area (Å²) in [6.45, 7) is 2.11. The van der Waals surface area contributed by atoms with Crippen LogP contribution in [0.5, 0.6) is 0 Å². The molecule has 0 aliphatic heterocycles. The van der Waals surface area contributed by atoms with Crippen molar-refractivity contribution in [1.82, 2.24) is 0 Å². The number of aryl methyl sites for hydroxylation is 1. The predicted octanol–water partition coefficient (Wildman–Crippen LogP) is 4.86. The van der Waals surface area contributed by atoms with E-state index in [9.17, 15) is 0 Å². The minimum atomic E-state index is 0.0333. The van der Waals surface area contributed by atoms with E-state index in [0.717, 1.165) is 22.8 Å². The first kappa shape index (κ1) is 13.9. The first-order valence-corrected chi connectivity index (χ1v) is 8.16. The second-order valence-corrected chi connectivity index (χ2v) is 5.79. The zero-order valence-electron chi connectivity index (χ0n) is 10.3. The van der Waals surface area contributed by atoms with Gasteiger partial charge in [0, 0.05) is 22.5 Å². The van der Waals surface area contributed by atoms with Crippen molar-refractivity contribution in [3.8, 4) is 0 Å². The Bertz CT molecular complexity index is 470. The van der Waals surface area contributed by atoms with Gasteiger partial charge in [0.15, 0.2) is 0 Å². The molecule has 0 fully saturated rings. The van der Waals surface area contributed by atoms with E-state index in [-0.39, 0.29) is 5.41 Å². The molecule has 0 aliphatic carbocycles. The molecule has 96 valence electrons. The van der Waals surface area contributed by atoms with Crippen LogP contribution >= 0.6 is 31.9 Å². The fourth-order valence-electron chi connectivity index (χ4n) is 2.04. The Morgan fingerprint density at radius 2 is 1.72 bits per heavy atom. The summed E-state index contributed by atoms with van der Waals surface area (Å²) < 4.78 is 5.50. The van der Waals surface area contributed by atoms with E-state index < -0.39 is 0 Å². The number of furan rings is 1. The molecule has 1 aromatic carbocycles. The molecular weight excluding hydrogens is 356 g/mol. The molecule has 0 aliphatic rings. The summed E-state index contributed by atoms with van der Waals surface area (Å²) in [5.74, 6) is 1.02. The summed E-state index contributed by atoms with van der Waals surface area (Å²) in [6.07, 6.45) is 2.62. The van der Waals surface area contributed by atoms with Crippen molar-refractivity contribution in [3.05, 3.63) is 59.5 Å². The zero-order chi connectivity index (χ0) is 13.0. The number of rotatable bonds is 5. The molecule has 1 aromatic heterocycles. The third-order valence-electron chi connectivity index (χ3n) is 3.27. The van der Waals surface area contributed by atoms with Crippen LogP contribution in [0.25, 0.3) is 0 Å². The summed E-state index contributed by atoms with van der Waals surface area (Å²) in [5, 5.41) is 1.80. The summed E-state index contributed by atoms with van der Waals surface area (Å²) in [6, 6.07) is 12.7. The molecule has 0 radical (unpaired) electrons. The maximum atomic E-state index is 5.50. The minimum absolute atomic E-state index is 0.0333. The molecule has 0 N–H and O–H groups in total. The van der Waals surface area contributed by atoms with Crippen molar-refractivity contribution >= 4 is 31.9 Å². The number of halogens is 2. The maximum absolute atomic E-state index is 5.50. The second-order valence-electron chi connectivity index (χ2n) is 4.67. The van der Waals surface area contributed by atoms with Gasteiger partial charge in [0.2, 0.25) is 0 Å². The fraction of sp³-hybridized carbons (Fsp3) is 0.333. The van der Waals surface area contributed by atoms with Gasteiger partial charge in [-0.05, 0) is 24.6 Å². The van der Waals surface area contributed by atoms with Crippen molar-refractivity contribution in [1.29, 1.82) is 0 Å². The van der Waals surface area contributed by atoms with E-state index >= 15 is 0 Å². The zero-order valence-corrected chi connectivity index (χ0v) is 13.5. The SMILES string of the molecule is Cc1ccc(C(CBr)(CBr)Cc2ccco2)cc1. The third kappa shape index (κ3) is 2.89. The molecule has 1 nitrogen and oxygen atoms in total. The molecule has 2 aromatic rings. The van der Waals surface area contributed by atoms with Crippen molar-refractivity contribution in [2.45, 2.75) is 18.8 Å². The molecule has 0 saturated carbocycles. The predicted molar refractivity (Wildman–Crippen MR) is 82.9 cm³/mol. The van der Waals surface area contributed by atoms with E-state index in [2.05, 4.69) is 63.0 Å². The standard InChI is InChI=1S/C15H16Br2O/c1-12-4-6-13(7-5-12)15(10-16,11-17)9-14-3-2-8-18-14/h2-8H,9-11H2,1H3. The number of hydrogen-bond donors (Lipinski definition) is 0. The molecular formula is C15H16Br2O. The average molecular weight is 372 g/mol. The van der Waals surface area contributed by atoms with E-state index in [1.54, 1.807) is 6.26 Å². The number of hydrogen-bond acceptors (Lipinski definition) is 1. The molecule has 0 spiro atoms. The van der Waals surface area contributed by atoms with Crippen LogP contribution < -0.4 is 0 Å². The maximum Gasteiger partial charge on any atom is 0.104 e. The Kier molecular flexibility index (Phi) is 4.68. The van der Waals surface area contributed by atoms with Crippen LogP contribution in [0.15, 0.2) is 47.1 Å². The summed E-state index contributed by atoms with van der Waals surface area (Å²) in [7, 11) is 0. The Labute approximate surface area is 125 Å².